The van der Waals surface area contributed by atoms with E-state index in [0.29, 0.717) is 6.61 Å². The zero-order valence-electron chi connectivity index (χ0n) is 26.2. The van der Waals surface area contributed by atoms with Crippen LogP contribution in [-0.2, 0) is 23.8 Å². The highest BCUT2D eigenvalue weighted by Crippen LogP contribution is 2.40. The van der Waals surface area contributed by atoms with Crippen LogP contribution in [0.5, 0.6) is 0 Å². The van der Waals surface area contributed by atoms with Gasteiger partial charge in [0.1, 0.15) is 12.5 Å². The summed E-state index contributed by atoms with van der Waals surface area (Å²) in [5, 5.41) is 0. The standard InChI is InChI=1S/C32H32F9N5OSi/c1-48(2,3)16-15-47-19-46-28(21-17-24(33)26(35)25(34)18-21)27(20-6-8-22(9-7-20)31(36,37)38)43-30(46)45-13-11-44(12-14-45)29-23(32(39,40)41)5-4-10-42-29/h4-10,17-18H,11-16,19H2,1-3H3. The number of piperazine rings is 1. The van der Waals surface area contributed by atoms with Crippen LogP contribution in [0.15, 0.2) is 54.7 Å². The molecular weight excluding hydrogens is 669 g/mol. The highest BCUT2D eigenvalue weighted by Gasteiger charge is 2.37. The van der Waals surface area contributed by atoms with E-state index in [1.54, 1.807) is 4.90 Å². The Morgan fingerprint density at radius 3 is 1.96 bits per heavy atom. The largest absolute Gasteiger partial charge is 0.419 e. The van der Waals surface area contributed by atoms with Crippen molar-refractivity contribution in [3.8, 4) is 22.5 Å². The first-order valence-electron chi connectivity index (χ1n) is 15.0. The molecular formula is C32H32F9N5OSi. The lowest BCUT2D eigenvalue weighted by Crippen LogP contribution is -2.48. The van der Waals surface area contributed by atoms with Crippen LogP contribution in [-0.4, -0.2) is 55.4 Å². The molecule has 0 N–H and O–H groups in total. The molecule has 0 atom stereocenters. The second-order valence-electron chi connectivity index (χ2n) is 12.6. The number of halogens is 9. The van der Waals surface area contributed by atoms with Crippen molar-refractivity contribution in [1.29, 1.82) is 0 Å². The first-order chi connectivity index (χ1) is 22.4. The van der Waals surface area contributed by atoms with E-state index in [1.165, 1.54) is 33.9 Å². The molecule has 1 saturated heterocycles. The van der Waals surface area contributed by atoms with E-state index in [4.69, 9.17) is 9.72 Å². The molecule has 0 radical (unpaired) electrons. The second-order valence-corrected chi connectivity index (χ2v) is 18.2. The smallest absolute Gasteiger partial charge is 0.361 e. The van der Waals surface area contributed by atoms with Gasteiger partial charge in [0.15, 0.2) is 17.5 Å². The third kappa shape index (κ3) is 7.80. The summed E-state index contributed by atoms with van der Waals surface area (Å²) in [5.41, 5.74) is -1.68. The number of hydrogen-bond acceptors (Lipinski definition) is 5. The number of aromatic nitrogens is 3. The van der Waals surface area contributed by atoms with Crippen LogP contribution in [0.3, 0.4) is 0 Å². The average Bonchev–Trinajstić information content (AvgIpc) is 3.40. The van der Waals surface area contributed by atoms with E-state index in [9.17, 15) is 39.5 Å². The Morgan fingerprint density at radius 2 is 1.40 bits per heavy atom. The molecule has 5 rings (SSSR count). The molecule has 48 heavy (non-hydrogen) atoms. The Labute approximate surface area is 271 Å². The van der Waals surface area contributed by atoms with Crippen molar-refractivity contribution in [3.05, 3.63) is 83.3 Å². The highest BCUT2D eigenvalue weighted by atomic mass is 28.3. The molecule has 0 aliphatic carbocycles. The lowest BCUT2D eigenvalue weighted by molar-refractivity contribution is -0.138. The number of alkyl halides is 6. The molecule has 6 nitrogen and oxygen atoms in total. The van der Waals surface area contributed by atoms with Gasteiger partial charge in [-0.15, -0.1) is 0 Å². The Bertz CT molecular complexity index is 1720. The monoisotopic (exact) mass is 701 g/mol. The summed E-state index contributed by atoms with van der Waals surface area (Å²) < 4.78 is 132. The minimum atomic E-state index is -4.63. The maximum atomic E-state index is 14.6. The topological polar surface area (TPSA) is 46.4 Å². The predicted molar refractivity (Wildman–Crippen MR) is 166 cm³/mol. The maximum absolute atomic E-state index is 14.6. The number of hydrogen-bond donors (Lipinski definition) is 0. The normalized spacial score (nSPS) is 14.6. The summed E-state index contributed by atoms with van der Waals surface area (Å²) in [6, 6.07) is 8.48. The molecule has 1 aliphatic rings. The van der Waals surface area contributed by atoms with Crippen molar-refractivity contribution in [2.75, 3.05) is 42.6 Å². The third-order valence-electron chi connectivity index (χ3n) is 7.86. The fourth-order valence-corrected chi connectivity index (χ4v) is 6.09. The van der Waals surface area contributed by atoms with Crippen LogP contribution in [0, 0.1) is 17.5 Å². The molecule has 2 aromatic carbocycles. The van der Waals surface area contributed by atoms with E-state index < -0.39 is 49.0 Å². The van der Waals surface area contributed by atoms with Crippen molar-refractivity contribution in [1.82, 2.24) is 14.5 Å². The van der Waals surface area contributed by atoms with Gasteiger partial charge < -0.3 is 14.5 Å². The SMILES string of the molecule is C[Si](C)(C)CCOCn1c(N2CCN(c3ncccc3C(F)(F)F)CC2)nc(-c2ccc(C(F)(F)F)cc2)c1-c1cc(F)c(F)c(F)c1. The van der Waals surface area contributed by atoms with Crippen LogP contribution in [0.2, 0.25) is 25.7 Å². The van der Waals surface area contributed by atoms with Crippen molar-refractivity contribution in [3.63, 3.8) is 0 Å². The molecule has 0 amide bonds. The third-order valence-corrected chi connectivity index (χ3v) is 9.57. The van der Waals surface area contributed by atoms with Gasteiger partial charge in [0, 0.05) is 58.2 Å². The van der Waals surface area contributed by atoms with Gasteiger partial charge in [-0.25, -0.2) is 23.1 Å². The zero-order chi connectivity index (χ0) is 35.0. The van der Waals surface area contributed by atoms with Gasteiger partial charge in [-0.3, -0.25) is 4.57 Å². The van der Waals surface area contributed by atoms with E-state index in [1.807, 2.05) is 0 Å². The quantitative estimate of drug-likeness (QED) is 0.0757. The van der Waals surface area contributed by atoms with E-state index >= 15 is 0 Å². The first kappa shape index (κ1) is 35.3. The molecule has 258 valence electrons. The van der Waals surface area contributed by atoms with Crippen molar-refractivity contribution >= 4 is 19.8 Å². The molecule has 0 spiro atoms. The number of ether oxygens (including phenoxy) is 1. The van der Waals surface area contributed by atoms with Gasteiger partial charge in [-0.05, 0) is 42.4 Å². The number of nitrogens with zero attached hydrogens (tertiary/aromatic N) is 5. The van der Waals surface area contributed by atoms with Crippen LogP contribution in [0.1, 0.15) is 11.1 Å². The van der Waals surface area contributed by atoms with Gasteiger partial charge in [0.2, 0.25) is 5.95 Å². The van der Waals surface area contributed by atoms with Gasteiger partial charge in [-0.1, -0.05) is 31.8 Å². The molecule has 1 fully saturated rings. The molecule has 0 bridgehead atoms. The molecule has 3 heterocycles. The minimum Gasteiger partial charge on any atom is -0.361 e. The molecule has 0 unspecified atom stereocenters. The Kier molecular flexibility index (Phi) is 9.88. The van der Waals surface area contributed by atoms with E-state index in [-0.39, 0.29) is 67.2 Å². The Hall–Kier alpha value is -4.05. The zero-order valence-corrected chi connectivity index (χ0v) is 27.2. The van der Waals surface area contributed by atoms with Crippen LogP contribution in [0.4, 0.5) is 51.3 Å². The Morgan fingerprint density at radius 1 is 0.792 bits per heavy atom. The second kappa shape index (κ2) is 13.5. The fraction of sp³-hybridized carbons (Fsp3) is 0.375. The van der Waals surface area contributed by atoms with Crippen LogP contribution in [0.25, 0.3) is 22.5 Å². The highest BCUT2D eigenvalue weighted by molar-refractivity contribution is 6.76. The Balaban J connectivity index is 1.59. The van der Waals surface area contributed by atoms with Gasteiger partial charge in [-0.2, -0.15) is 26.3 Å². The van der Waals surface area contributed by atoms with Crippen LogP contribution < -0.4 is 9.80 Å². The molecule has 16 heteroatoms. The summed E-state index contributed by atoms with van der Waals surface area (Å²) in [4.78, 5) is 11.9. The first-order valence-corrected chi connectivity index (χ1v) is 18.7. The summed E-state index contributed by atoms with van der Waals surface area (Å²) in [6.45, 7) is 7.01. The average molecular weight is 702 g/mol. The number of anilines is 2. The van der Waals surface area contributed by atoms with Gasteiger partial charge in [0.25, 0.3) is 0 Å². The lowest BCUT2D eigenvalue weighted by atomic mass is 10.0. The van der Waals surface area contributed by atoms with Crippen molar-refractivity contribution in [2.45, 2.75) is 44.8 Å². The predicted octanol–water partition coefficient (Wildman–Crippen LogP) is 8.71. The maximum Gasteiger partial charge on any atom is 0.419 e. The molecule has 1 aliphatic heterocycles. The van der Waals surface area contributed by atoms with Gasteiger partial charge >= 0.3 is 12.4 Å². The summed E-state index contributed by atoms with van der Waals surface area (Å²) in [7, 11) is -1.55. The molecule has 0 saturated carbocycles. The van der Waals surface area contributed by atoms with E-state index in [0.717, 1.165) is 36.4 Å². The molecule has 2 aromatic heterocycles. The fourth-order valence-electron chi connectivity index (χ4n) is 5.33. The minimum absolute atomic E-state index is 0.0458. The number of imidazole rings is 1. The number of benzene rings is 2. The van der Waals surface area contributed by atoms with Crippen molar-refractivity contribution < 1.29 is 44.3 Å². The number of rotatable bonds is 9. The lowest BCUT2D eigenvalue weighted by Gasteiger charge is -2.37. The summed E-state index contributed by atoms with van der Waals surface area (Å²) >= 11 is 0. The summed E-state index contributed by atoms with van der Waals surface area (Å²) in [5.74, 6) is -4.69. The van der Waals surface area contributed by atoms with Gasteiger partial charge in [0.05, 0.1) is 22.5 Å². The number of pyridine rings is 1. The van der Waals surface area contributed by atoms with Crippen molar-refractivity contribution in [2.24, 2.45) is 0 Å². The van der Waals surface area contributed by atoms with Crippen LogP contribution >= 0.6 is 0 Å². The summed E-state index contributed by atoms with van der Waals surface area (Å²) in [6.07, 6.45) is -7.99. The van der Waals surface area contributed by atoms with E-state index in [2.05, 4.69) is 24.6 Å². The molecule has 4 aromatic rings.